The maximum atomic E-state index is 9.80. The van der Waals surface area contributed by atoms with Gasteiger partial charge in [0.2, 0.25) is 0 Å². The molecule has 0 amide bonds. The van der Waals surface area contributed by atoms with E-state index in [1.165, 1.54) is 7.11 Å². The Morgan fingerprint density at radius 1 is 0.944 bits per heavy atom. The van der Waals surface area contributed by atoms with Crippen molar-refractivity contribution in [2.75, 3.05) is 14.2 Å². The number of rotatable bonds is 4. The molecule has 1 unspecified atom stereocenters. The smallest absolute Gasteiger partial charge is 0.160 e. The molecule has 0 aliphatic carbocycles. The van der Waals surface area contributed by atoms with E-state index in [1.807, 2.05) is 36.4 Å². The Morgan fingerprint density at radius 2 is 1.67 bits per heavy atom. The molecule has 18 heavy (non-hydrogen) atoms. The van der Waals surface area contributed by atoms with Gasteiger partial charge in [-0.15, -0.1) is 0 Å². The highest BCUT2D eigenvalue weighted by Gasteiger charge is 2.14. The predicted molar refractivity (Wildman–Crippen MR) is 70.0 cm³/mol. The summed E-state index contributed by atoms with van der Waals surface area (Å²) in [6.07, 6.45) is -0.192. The third-order valence-corrected chi connectivity index (χ3v) is 2.84. The number of aromatic hydroxyl groups is 1. The van der Waals surface area contributed by atoms with Gasteiger partial charge in [-0.25, -0.2) is 0 Å². The van der Waals surface area contributed by atoms with Crippen LogP contribution in [0.5, 0.6) is 11.5 Å². The van der Waals surface area contributed by atoms with Crippen molar-refractivity contribution in [3.63, 3.8) is 0 Å². The van der Waals surface area contributed by atoms with E-state index in [0.29, 0.717) is 5.75 Å². The Balaban J connectivity index is 2.37. The fourth-order valence-corrected chi connectivity index (χ4v) is 1.96. The van der Waals surface area contributed by atoms with Crippen LogP contribution in [0, 0.1) is 0 Å². The van der Waals surface area contributed by atoms with Crippen molar-refractivity contribution in [3.8, 4) is 11.5 Å². The molecule has 2 aromatic rings. The Labute approximate surface area is 107 Å². The summed E-state index contributed by atoms with van der Waals surface area (Å²) >= 11 is 0. The summed E-state index contributed by atoms with van der Waals surface area (Å²) in [4.78, 5) is 0. The molecule has 1 N–H and O–H groups in total. The van der Waals surface area contributed by atoms with E-state index in [9.17, 15) is 5.11 Å². The number of ether oxygens (including phenoxy) is 2. The molecule has 3 nitrogen and oxygen atoms in total. The van der Waals surface area contributed by atoms with Crippen molar-refractivity contribution < 1.29 is 14.6 Å². The van der Waals surface area contributed by atoms with E-state index in [4.69, 9.17) is 9.47 Å². The van der Waals surface area contributed by atoms with E-state index in [0.717, 1.165) is 11.1 Å². The van der Waals surface area contributed by atoms with Crippen molar-refractivity contribution in [2.45, 2.75) is 6.10 Å². The van der Waals surface area contributed by atoms with Gasteiger partial charge in [0, 0.05) is 7.11 Å². The van der Waals surface area contributed by atoms with Crippen LogP contribution in [0.1, 0.15) is 17.2 Å². The highest BCUT2D eigenvalue weighted by Crippen LogP contribution is 2.32. The molecule has 2 aromatic carbocycles. The second-order valence-corrected chi connectivity index (χ2v) is 3.96. The summed E-state index contributed by atoms with van der Waals surface area (Å²) in [6.45, 7) is 0. The van der Waals surface area contributed by atoms with Gasteiger partial charge in [0.25, 0.3) is 0 Å². The topological polar surface area (TPSA) is 38.7 Å². The van der Waals surface area contributed by atoms with E-state index >= 15 is 0 Å². The zero-order chi connectivity index (χ0) is 13.0. The third-order valence-electron chi connectivity index (χ3n) is 2.84. The Bertz CT molecular complexity index is 508. The molecular weight excluding hydrogens is 228 g/mol. The molecule has 0 aliphatic rings. The van der Waals surface area contributed by atoms with Crippen molar-refractivity contribution in [1.29, 1.82) is 0 Å². The first-order chi connectivity index (χ1) is 8.76. The Hall–Kier alpha value is -2.00. The van der Waals surface area contributed by atoms with Crippen LogP contribution in [-0.2, 0) is 4.74 Å². The van der Waals surface area contributed by atoms with Gasteiger partial charge in [-0.3, -0.25) is 0 Å². The standard InChI is InChI=1S/C15H16O3/c1-17-14-9-8-12(10-13(14)16)15(18-2)11-6-4-3-5-7-11/h3-10,15-16H,1-2H3. The van der Waals surface area contributed by atoms with Crippen LogP contribution in [0.25, 0.3) is 0 Å². The average molecular weight is 244 g/mol. The van der Waals surface area contributed by atoms with Gasteiger partial charge in [0.1, 0.15) is 6.10 Å². The van der Waals surface area contributed by atoms with Gasteiger partial charge in [-0.05, 0) is 23.3 Å². The van der Waals surface area contributed by atoms with Gasteiger partial charge < -0.3 is 14.6 Å². The maximum Gasteiger partial charge on any atom is 0.160 e. The average Bonchev–Trinajstić information content (AvgIpc) is 2.41. The number of hydrogen-bond donors (Lipinski definition) is 1. The van der Waals surface area contributed by atoms with E-state index in [2.05, 4.69) is 0 Å². The lowest BCUT2D eigenvalue weighted by atomic mass is 10.0. The molecule has 0 spiro atoms. The van der Waals surface area contributed by atoms with Crippen molar-refractivity contribution in [1.82, 2.24) is 0 Å². The fourth-order valence-electron chi connectivity index (χ4n) is 1.96. The summed E-state index contributed by atoms with van der Waals surface area (Å²) in [7, 11) is 3.18. The lowest BCUT2D eigenvalue weighted by Gasteiger charge is -2.17. The minimum absolute atomic E-state index is 0.119. The zero-order valence-electron chi connectivity index (χ0n) is 10.5. The molecule has 0 saturated carbocycles. The quantitative estimate of drug-likeness (QED) is 0.898. The lowest BCUT2D eigenvalue weighted by Crippen LogP contribution is -2.03. The predicted octanol–water partition coefficient (Wildman–Crippen LogP) is 3.14. The molecular formula is C15H16O3. The van der Waals surface area contributed by atoms with Gasteiger partial charge in [-0.2, -0.15) is 0 Å². The molecule has 1 atom stereocenters. The van der Waals surface area contributed by atoms with Crippen LogP contribution in [0.2, 0.25) is 0 Å². The molecule has 0 saturated heterocycles. The molecule has 0 aliphatic heterocycles. The van der Waals surface area contributed by atoms with E-state index in [1.54, 1.807) is 19.2 Å². The summed E-state index contributed by atoms with van der Waals surface area (Å²) in [6, 6.07) is 15.2. The molecule has 0 bridgehead atoms. The Morgan fingerprint density at radius 3 is 2.22 bits per heavy atom. The molecule has 3 heteroatoms. The number of phenolic OH excluding ortho intramolecular Hbond substituents is 1. The van der Waals surface area contributed by atoms with Crippen LogP contribution < -0.4 is 4.74 Å². The van der Waals surface area contributed by atoms with Crippen LogP contribution in [-0.4, -0.2) is 19.3 Å². The third kappa shape index (κ3) is 2.46. The van der Waals surface area contributed by atoms with Gasteiger partial charge in [-0.1, -0.05) is 36.4 Å². The van der Waals surface area contributed by atoms with Gasteiger partial charge in [0.05, 0.1) is 7.11 Å². The van der Waals surface area contributed by atoms with E-state index in [-0.39, 0.29) is 11.9 Å². The van der Waals surface area contributed by atoms with Crippen LogP contribution in [0.4, 0.5) is 0 Å². The van der Waals surface area contributed by atoms with Crippen molar-refractivity contribution in [3.05, 3.63) is 59.7 Å². The zero-order valence-corrected chi connectivity index (χ0v) is 10.5. The summed E-state index contributed by atoms with van der Waals surface area (Å²) in [5.74, 6) is 0.578. The largest absolute Gasteiger partial charge is 0.504 e. The number of methoxy groups -OCH3 is 2. The van der Waals surface area contributed by atoms with Crippen LogP contribution >= 0.6 is 0 Å². The van der Waals surface area contributed by atoms with Crippen molar-refractivity contribution >= 4 is 0 Å². The second-order valence-electron chi connectivity index (χ2n) is 3.96. The van der Waals surface area contributed by atoms with Gasteiger partial charge in [0.15, 0.2) is 11.5 Å². The van der Waals surface area contributed by atoms with Crippen LogP contribution in [0.3, 0.4) is 0 Å². The maximum absolute atomic E-state index is 9.80. The normalized spacial score (nSPS) is 12.1. The van der Waals surface area contributed by atoms with Gasteiger partial charge >= 0.3 is 0 Å². The molecule has 0 heterocycles. The number of benzene rings is 2. The fraction of sp³-hybridized carbons (Fsp3) is 0.200. The monoisotopic (exact) mass is 244 g/mol. The minimum atomic E-state index is -0.192. The summed E-state index contributed by atoms with van der Waals surface area (Å²) in [5.41, 5.74) is 1.94. The highest BCUT2D eigenvalue weighted by atomic mass is 16.5. The lowest BCUT2D eigenvalue weighted by molar-refractivity contribution is 0.136. The first-order valence-corrected chi connectivity index (χ1v) is 5.71. The SMILES string of the molecule is COc1ccc(C(OC)c2ccccc2)cc1O. The number of hydrogen-bond acceptors (Lipinski definition) is 3. The van der Waals surface area contributed by atoms with E-state index < -0.39 is 0 Å². The first kappa shape index (κ1) is 12.5. The molecule has 0 fully saturated rings. The highest BCUT2D eigenvalue weighted by molar-refractivity contribution is 5.44. The molecule has 0 aromatic heterocycles. The van der Waals surface area contributed by atoms with Crippen molar-refractivity contribution in [2.24, 2.45) is 0 Å². The summed E-state index contributed by atoms with van der Waals surface area (Å²) in [5, 5.41) is 9.80. The minimum Gasteiger partial charge on any atom is -0.504 e. The molecule has 94 valence electrons. The second kappa shape index (κ2) is 5.56. The summed E-state index contributed by atoms with van der Waals surface area (Å²) < 4.78 is 10.5. The molecule has 0 radical (unpaired) electrons. The number of phenols is 1. The Kier molecular flexibility index (Phi) is 3.85. The van der Waals surface area contributed by atoms with Crippen LogP contribution in [0.15, 0.2) is 48.5 Å². The first-order valence-electron chi connectivity index (χ1n) is 5.71. The molecule has 2 rings (SSSR count).